The number of hydrogen-bond acceptors (Lipinski definition) is 5. The van der Waals surface area contributed by atoms with Crippen LogP contribution in [0, 0.1) is 0 Å². The quantitative estimate of drug-likeness (QED) is 0.751. The molecule has 1 aliphatic heterocycles. The lowest BCUT2D eigenvalue weighted by Crippen LogP contribution is -2.31. The molecular weight excluding hydrogens is 230 g/mol. The summed E-state index contributed by atoms with van der Waals surface area (Å²) in [6, 6.07) is 0. The molecule has 1 aromatic rings. The van der Waals surface area contributed by atoms with Crippen molar-refractivity contribution < 1.29 is 9.53 Å². The summed E-state index contributed by atoms with van der Waals surface area (Å²) in [5.74, 6) is 0.653. The maximum absolute atomic E-state index is 10.6. The molecule has 0 spiro atoms. The molecule has 6 heteroatoms. The van der Waals surface area contributed by atoms with Gasteiger partial charge in [0.05, 0.1) is 6.20 Å². The number of methoxy groups -OCH3 is 1. The molecule has 2 heterocycles. The van der Waals surface area contributed by atoms with Crippen LogP contribution in [-0.2, 0) is 4.74 Å². The Morgan fingerprint density at radius 1 is 1.69 bits per heavy atom. The molecule has 0 saturated carbocycles. The zero-order valence-electron chi connectivity index (χ0n) is 8.89. The van der Waals surface area contributed by atoms with Gasteiger partial charge >= 0.3 is 0 Å². The SMILES string of the molecule is COC1CCCN1c1cnc(C=O)c(Cl)n1. The van der Waals surface area contributed by atoms with Crippen molar-refractivity contribution in [3.05, 3.63) is 17.0 Å². The summed E-state index contributed by atoms with van der Waals surface area (Å²) in [5, 5.41) is 0.134. The van der Waals surface area contributed by atoms with Crippen molar-refractivity contribution in [2.24, 2.45) is 0 Å². The predicted molar refractivity (Wildman–Crippen MR) is 59.8 cm³/mol. The lowest BCUT2D eigenvalue weighted by atomic mass is 10.4. The van der Waals surface area contributed by atoms with E-state index in [1.165, 1.54) is 0 Å². The molecule has 1 aromatic heterocycles. The Morgan fingerprint density at radius 2 is 2.50 bits per heavy atom. The summed E-state index contributed by atoms with van der Waals surface area (Å²) < 4.78 is 5.32. The third kappa shape index (κ3) is 2.01. The van der Waals surface area contributed by atoms with Gasteiger partial charge in [-0.2, -0.15) is 0 Å². The van der Waals surface area contributed by atoms with E-state index in [2.05, 4.69) is 9.97 Å². The highest BCUT2D eigenvalue weighted by Gasteiger charge is 2.25. The number of rotatable bonds is 3. The van der Waals surface area contributed by atoms with Crippen molar-refractivity contribution in [1.82, 2.24) is 9.97 Å². The van der Waals surface area contributed by atoms with E-state index in [4.69, 9.17) is 16.3 Å². The summed E-state index contributed by atoms with van der Waals surface area (Å²) >= 11 is 5.83. The molecule has 0 N–H and O–H groups in total. The molecule has 86 valence electrons. The summed E-state index contributed by atoms with van der Waals surface area (Å²) in [6.07, 6.45) is 4.18. The van der Waals surface area contributed by atoms with Crippen LogP contribution in [0.1, 0.15) is 23.3 Å². The molecular formula is C10H12ClN3O2. The highest BCUT2D eigenvalue weighted by molar-refractivity contribution is 6.31. The second-order valence-corrected chi connectivity index (χ2v) is 3.91. The molecule has 0 amide bonds. The minimum absolute atomic E-state index is 0.0208. The van der Waals surface area contributed by atoms with Crippen LogP contribution < -0.4 is 4.90 Å². The van der Waals surface area contributed by atoms with Gasteiger partial charge in [-0.3, -0.25) is 4.79 Å². The first-order valence-electron chi connectivity index (χ1n) is 5.03. The fourth-order valence-corrected chi connectivity index (χ4v) is 2.01. The minimum Gasteiger partial charge on any atom is -0.362 e. The molecule has 0 aliphatic carbocycles. The van der Waals surface area contributed by atoms with Gasteiger partial charge in [0, 0.05) is 13.7 Å². The summed E-state index contributed by atoms with van der Waals surface area (Å²) in [7, 11) is 1.66. The number of ether oxygens (including phenoxy) is 1. The molecule has 2 rings (SSSR count). The molecule has 5 nitrogen and oxygen atoms in total. The van der Waals surface area contributed by atoms with Gasteiger partial charge in [-0.15, -0.1) is 0 Å². The highest BCUT2D eigenvalue weighted by Crippen LogP contribution is 2.25. The largest absolute Gasteiger partial charge is 0.362 e. The summed E-state index contributed by atoms with van der Waals surface area (Å²) in [6.45, 7) is 0.865. The van der Waals surface area contributed by atoms with Gasteiger partial charge < -0.3 is 9.64 Å². The minimum atomic E-state index is 0.0208. The average molecular weight is 242 g/mol. The van der Waals surface area contributed by atoms with Crippen molar-refractivity contribution in [3.63, 3.8) is 0 Å². The molecule has 0 radical (unpaired) electrons. The highest BCUT2D eigenvalue weighted by atomic mass is 35.5. The van der Waals surface area contributed by atoms with E-state index in [9.17, 15) is 4.79 Å². The zero-order chi connectivity index (χ0) is 11.5. The van der Waals surface area contributed by atoms with E-state index in [0.717, 1.165) is 19.4 Å². The van der Waals surface area contributed by atoms with Gasteiger partial charge in [0.15, 0.2) is 17.3 Å². The fourth-order valence-electron chi connectivity index (χ4n) is 1.83. The van der Waals surface area contributed by atoms with Gasteiger partial charge in [-0.25, -0.2) is 9.97 Å². The molecule has 1 unspecified atom stereocenters. The van der Waals surface area contributed by atoms with E-state index in [0.29, 0.717) is 12.1 Å². The third-order valence-corrected chi connectivity index (χ3v) is 2.90. The van der Waals surface area contributed by atoms with E-state index in [1.54, 1.807) is 13.3 Å². The lowest BCUT2D eigenvalue weighted by Gasteiger charge is -2.23. The van der Waals surface area contributed by atoms with Crippen molar-refractivity contribution >= 4 is 23.7 Å². The molecule has 0 aromatic carbocycles. The molecule has 1 aliphatic rings. The number of carbonyl (C=O) groups is 1. The van der Waals surface area contributed by atoms with E-state index in [1.807, 2.05) is 4.90 Å². The van der Waals surface area contributed by atoms with Crippen molar-refractivity contribution in [2.45, 2.75) is 19.1 Å². The number of aldehydes is 1. The molecule has 1 fully saturated rings. The summed E-state index contributed by atoms with van der Waals surface area (Å²) in [5.41, 5.74) is 0.165. The maximum Gasteiger partial charge on any atom is 0.171 e. The second-order valence-electron chi connectivity index (χ2n) is 3.55. The molecule has 1 saturated heterocycles. The number of aromatic nitrogens is 2. The van der Waals surface area contributed by atoms with Crippen molar-refractivity contribution in [2.75, 3.05) is 18.6 Å². The second kappa shape index (κ2) is 4.76. The van der Waals surface area contributed by atoms with Crippen LogP contribution in [0.25, 0.3) is 0 Å². The van der Waals surface area contributed by atoms with Gasteiger partial charge in [-0.1, -0.05) is 11.6 Å². The van der Waals surface area contributed by atoms with E-state index in [-0.39, 0.29) is 17.1 Å². The van der Waals surface area contributed by atoms with E-state index >= 15 is 0 Å². The Labute approximate surface area is 98.4 Å². The average Bonchev–Trinajstić information content (AvgIpc) is 2.77. The number of nitrogens with zero attached hydrogens (tertiary/aromatic N) is 3. The van der Waals surface area contributed by atoms with Gasteiger partial charge in [-0.05, 0) is 12.8 Å². The normalized spacial score (nSPS) is 20.1. The first-order chi connectivity index (χ1) is 7.76. The Hall–Kier alpha value is -1.20. The smallest absolute Gasteiger partial charge is 0.171 e. The number of hydrogen-bond donors (Lipinski definition) is 0. The molecule has 1 atom stereocenters. The molecule has 16 heavy (non-hydrogen) atoms. The maximum atomic E-state index is 10.6. The molecule has 0 bridgehead atoms. The lowest BCUT2D eigenvalue weighted by molar-refractivity contribution is 0.111. The fraction of sp³-hybridized carbons (Fsp3) is 0.500. The van der Waals surface area contributed by atoms with Crippen LogP contribution in [0.3, 0.4) is 0 Å². The van der Waals surface area contributed by atoms with Crippen LogP contribution in [0.4, 0.5) is 5.82 Å². The first-order valence-corrected chi connectivity index (χ1v) is 5.41. The van der Waals surface area contributed by atoms with Crippen LogP contribution in [0.15, 0.2) is 6.20 Å². The van der Waals surface area contributed by atoms with Gasteiger partial charge in [0.1, 0.15) is 11.9 Å². The monoisotopic (exact) mass is 241 g/mol. The van der Waals surface area contributed by atoms with Crippen molar-refractivity contribution in [1.29, 1.82) is 0 Å². The zero-order valence-corrected chi connectivity index (χ0v) is 9.65. The van der Waals surface area contributed by atoms with Crippen LogP contribution >= 0.6 is 11.6 Å². The van der Waals surface area contributed by atoms with Crippen molar-refractivity contribution in [3.8, 4) is 0 Å². The summed E-state index contributed by atoms with van der Waals surface area (Å²) in [4.78, 5) is 20.6. The number of halogens is 1. The standard InChI is InChI=1S/C10H12ClN3O2/c1-16-9-3-2-4-14(9)8-5-12-7(6-15)10(11)13-8/h5-6,9H,2-4H2,1H3. The van der Waals surface area contributed by atoms with Crippen LogP contribution in [-0.4, -0.2) is 36.1 Å². The third-order valence-electron chi connectivity index (χ3n) is 2.62. The number of anilines is 1. The Balaban J connectivity index is 2.27. The van der Waals surface area contributed by atoms with Gasteiger partial charge in [0.2, 0.25) is 0 Å². The van der Waals surface area contributed by atoms with E-state index < -0.39 is 0 Å². The van der Waals surface area contributed by atoms with Gasteiger partial charge in [0.25, 0.3) is 0 Å². The predicted octanol–water partition coefficient (Wildman–Crippen LogP) is 1.52. The van der Waals surface area contributed by atoms with Crippen LogP contribution in [0.5, 0.6) is 0 Å². The Bertz CT molecular complexity index is 400. The Morgan fingerprint density at radius 3 is 3.12 bits per heavy atom. The first kappa shape index (κ1) is 11.3. The topological polar surface area (TPSA) is 55.3 Å². The van der Waals surface area contributed by atoms with Crippen LogP contribution in [0.2, 0.25) is 5.15 Å². The number of carbonyl (C=O) groups excluding carboxylic acids is 1. The Kier molecular flexibility index (Phi) is 3.36.